The van der Waals surface area contributed by atoms with Crippen LogP contribution in [-0.2, 0) is 4.79 Å². The Balaban J connectivity index is 1.51. The standard InChI is InChI=1S/C20H22N2OS/c23-20(22-17-7-2-1-3-8-17)15-21-18-9-4-6-16(14-18)11-12-19-10-5-13-24-19/h4-6,9-10,13-14,17,21H,1-3,7-8,15H2,(H,22,23). The second-order valence-corrected chi connectivity index (χ2v) is 7.01. The molecule has 0 aliphatic heterocycles. The van der Waals surface area contributed by atoms with Crippen LogP contribution in [0.4, 0.5) is 5.69 Å². The minimum absolute atomic E-state index is 0.0666. The fraction of sp³-hybridized carbons (Fsp3) is 0.350. The minimum atomic E-state index is 0.0666. The summed E-state index contributed by atoms with van der Waals surface area (Å²) in [6.07, 6.45) is 5.97. The van der Waals surface area contributed by atoms with Gasteiger partial charge in [0.1, 0.15) is 0 Å². The number of rotatable bonds is 4. The molecule has 1 fully saturated rings. The van der Waals surface area contributed by atoms with Crippen molar-refractivity contribution in [3.63, 3.8) is 0 Å². The van der Waals surface area contributed by atoms with Crippen molar-refractivity contribution < 1.29 is 4.79 Å². The van der Waals surface area contributed by atoms with E-state index in [1.54, 1.807) is 11.3 Å². The van der Waals surface area contributed by atoms with E-state index in [1.807, 2.05) is 41.8 Å². The maximum absolute atomic E-state index is 12.1. The van der Waals surface area contributed by atoms with Gasteiger partial charge in [-0.1, -0.05) is 43.2 Å². The van der Waals surface area contributed by atoms with Gasteiger partial charge in [-0.25, -0.2) is 0 Å². The molecule has 1 aromatic heterocycles. The monoisotopic (exact) mass is 338 g/mol. The number of nitrogens with one attached hydrogen (secondary N) is 2. The largest absolute Gasteiger partial charge is 0.376 e. The van der Waals surface area contributed by atoms with E-state index in [0.29, 0.717) is 12.6 Å². The molecule has 0 saturated heterocycles. The molecular weight excluding hydrogens is 316 g/mol. The van der Waals surface area contributed by atoms with Crippen LogP contribution < -0.4 is 10.6 Å². The lowest BCUT2D eigenvalue weighted by molar-refractivity contribution is -0.120. The Bertz CT molecular complexity index is 722. The summed E-state index contributed by atoms with van der Waals surface area (Å²) >= 11 is 1.63. The summed E-state index contributed by atoms with van der Waals surface area (Å²) in [5, 5.41) is 8.33. The molecule has 1 amide bonds. The maximum atomic E-state index is 12.1. The van der Waals surface area contributed by atoms with Gasteiger partial charge in [-0.05, 0) is 42.5 Å². The molecule has 2 N–H and O–H groups in total. The van der Waals surface area contributed by atoms with Crippen LogP contribution >= 0.6 is 11.3 Å². The van der Waals surface area contributed by atoms with Gasteiger partial charge >= 0.3 is 0 Å². The van der Waals surface area contributed by atoms with Gasteiger partial charge in [0.05, 0.1) is 11.4 Å². The van der Waals surface area contributed by atoms with Gasteiger partial charge in [0.2, 0.25) is 5.91 Å². The van der Waals surface area contributed by atoms with Crippen molar-refractivity contribution in [2.24, 2.45) is 0 Å². The first-order chi connectivity index (χ1) is 11.8. The number of carbonyl (C=O) groups excluding carboxylic acids is 1. The summed E-state index contributed by atoms with van der Waals surface area (Å²) in [4.78, 5) is 13.1. The van der Waals surface area contributed by atoms with Crippen LogP contribution in [0.2, 0.25) is 0 Å². The highest BCUT2D eigenvalue weighted by atomic mass is 32.1. The first kappa shape index (κ1) is 16.6. The van der Waals surface area contributed by atoms with Gasteiger partial charge in [0.25, 0.3) is 0 Å². The summed E-state index contributed by atoms with van der Waals surface area (Å²) < 4.78 is 0. The molecule has 0 unspecified atom stereocenters. The number of benzene rings is 1. The maximum Gasteiger partial charge on any atom is 0.239 e. The van der Waals surface area contributed by atoms with E-state index < -0.39 is 0 Å². The van der Waals surface area contributed by atoms with Gasteiger partial charge in [-0.15, -0.1) is 11.3 Å². The summed E-state index contributed by atoms with van der Waals surface area (Å²) in [5.74, 6) is 6.38. The fourth-order valence-electron chi connectivity index (χ4n) is 2.90. The molecule has 0 spiro atoms. The van der Waals surface area contributed by atoms with Crippen molar-refractivity contribution in [3.05, 3.63) is 52.2 Å². The molecule has 1 aliphatic rings. The molecule has 124 valence electrons. The summed E-state index contributed by atoms with van der Waals surface area (Å²) in [6, 6.07) is 12.2. The highest BCUT2D eigenvalue weighted by molar-refractivity contribution is 7.10. The Labute approximate surface area is 147 Å². The average Bonchev–Trinajstić information content (AvgIpc) is 3.13. The third kappa shape index (κ3) is 5.14. The lowest BCUT2D eigenvalue weighted by Gasteiger charge is -2.22. The van der Waals surface area contributed by atoms with Crippen molar-refractivity contribution >= 4 is 22.9 Å². The molecule has 0 atom stereocenters. The molecule has 2 aromatic rings. The molecular formula is C20H22N2OS. The Morgan fingerprint density at radius 1 is 1.12 bits per heavy atom. The number of hydrogen-bond donors (Lipinski definition) is 2. The van der Waals surface area contributed by atoms with Crippen molar-refractivity contribution in [1.82, 2.24) is 5.32 Å². The van der Waals surface area contributed by atoms with Crippen LogP contribution in [0.25, 0.3) is 0 Å². The van der Waals surface area contributed by atoms with Crippen LogP contribution in [0.1, 0.15) is 42.5 Å². The van der Waals surface area contributed by atoms with E-state index in [-0.39, 0.29) is 5.91 Å². The van der Waals surface area contributed by atoms with E-state index in [4.69, 9.17) is 0 Å². The SMILES string of the molecule is O=C(CNc1cccc(C#Cc2cccs2)c1)NC1CCCCC1. The van der Waals surface area contributed by atoms with Crippen molar-refractivity contribution in [2.75, 3.05) is 11.9 Å². The van der Waals surface area contributed by atoms with E-state index >= 15 is 0 Å². The summed E-state index contributed by atoms with van der Waals surface area (Å²) in [7, 11) is 0. The van der Waals surface area contributed by atoms with Crippen LogP contribution in [-0.4, -0.2) is 18.5 Å². The Kier molecular flexibility index (Phi) is 5.92. The van der Waals surface area contributed by atoms with E-state index in [1.165, 1.54) is 19.3 Å². The average molecular weight is 338 g/mol. The summed E-state index contributed by atoms with van der Waals surface area (Å²) in [6.45, 7) is 0.304. The molecule has 0 bridgehead atoms. The predicted molar refractivity (Wildman–Crippen MR) is 100 cm³/mol. The predicted octanol–water partition coefficient (Wildman–Crippen LogP) is 4.01. The fourth-order valence-corrected chi connectivity index (χ4v) is 3.47. The molecule has 0 radical (unpaired) electrons. The van der Waals surface area contributed by atoms with E-state index in [0.717, 1.165) is 29.0 Å². The third-order valence-electron chi connectivity index (χ3n) is 4.14. The highest BCUT2D eigenvalue weighted by Crippen LogP contribution is 2.17. The molecule has 4 heteroatoms. The number of thiophene rings is 1. The molecule has 3 nitrogen and oxygen atoms in total. The van der Waals surface area contributed by atoms with Crippen molar-refractivity contribution in [2.45, 2.75) is 38.1 Å². The van der Waals surface area contributed by atoms with Crippen molar-refractivity contribution in [1.29, 1.82) is 0 Å². The first-order valence-corrected chi connectivity index (χ1v) is 9.36. The Morgan fingerprint density at radius 3 is 2.79 bits per heavy atom. The molecule has 1 aromatic carbocycles. The third-order valence-corrected chi connectivity index (χ3v) is 4.92. The number of amides is 1. The lowest BCUT2D eigenvalue weighted by Crippen LogP contribution is -2.39. The number of carbonyl (C=O) groups is 1. The molecule has 3 rings (SSSR count). The second-order valence-electron chi connectivity index (χ2n) is 6.06. The normalized spacial score (nSPS) is 14.5. The van der Waals surface area contributed by atoms with Gasteiger partial charge in [0.15, 0.2) is 0 Å². The highest BCUT2D eigenvalue weighted by Gasteiger charge is 2.15. The number of hydrogen-bond acceptors (Lipinski definition) is 3. The second kappa shape index (κ2) is 8.56. The van der Waals surface area contributed by atoms with Gasteiger partial charge in [-0.2, -0.15) is 0 Å². The smallest absolute Gasteiger partial charge is 0.239 e. The van der Waals surface area contributed by atoms with Crippen molar-refractivity contribution in [3.8, 4) is 11.8 Å². The first-order valence-electron chi connectivity index (χ1n) is 8.48. The topological polar surface area (TPSA) is 41.1 Å². The van der Waals surface area contributed by atoms with Crippen LogP contribution in [0.3, 0.4) is 0 Å². The summed E-state index contributed by atoms with van der Waals surface area (Å²) in [5.41, 5.74) is 1.87. The molecule has 1 saturated carbocycles. The van der Waals surface area contributed by atoms with Gasteiger partial charge in [-0.3, -0.25) is 4.79 Å². The minimum Gasteiger partial charge on any atom is -0.376 e. The zero-order valence-electron chi connectivity index (χ0n) is 13.7. The van der Waals surface area contributed by atoms with Crippen LogP contribution in [0.5, 0.6) is 0 Å². The lowest BCUT2D eigenvalue weighted by atomic mass is 9.95. The van der Waals surface area contributed by atoms with E-state index in [2.05, 4.69) is 22.5 Å². The quantitative estimate of drug-likeness (QED) is 0.827. The molecule has 1 heterocycles. The Hall–Kier alpha value is -2.25. The molecule has 24 heavy (non-hydrogen) atoms. The Morgan fingerprint density at radius 2 is 2.00 bits per heavy atom. The van der Waals surface area contributed by atoms with E-state index in [9.17, 15) is 4.79 Å². The van der Waals surface area contributed by atoms with Crippen LogP contribution in [0, 0.1) is 11.8 Å². The zero-order chi connectivity index (χ0) is 16.6. The van der Waals surface area contributed by atoms with Crippen LogP contribution in [0.15, 0.2) is 41.8 Å². The number of anilines is 1. The zero-order valence-corrected chi connectivity index (χ0v) is 14.5. The van der Waals surface area contributed by atoms with Gasteiger partial charge in [0, 0.05) is 17.3 Å². The molecule has 1 aliphatic carbocycles. The van der Waals surface area contributed by atoms with Gasteiger partial charge < -0.3 is 10.6 Å².